The predicted octanol–water partition coefficient (Wildman–Crippen LogP) is 5.08. The maximum atomic E-state index is 13.1. The minimum absolute atomic E-state index is 0.108. The molecule has 8 nitrogen and oxygen atoms in total. The first-order chi connectivity index (χ1) is 17.7. The zero-order chi connectivity index (χ0) is 26.7. The molecular formula is C28H31ClN2O6. The minimum atomic E-state index is -0.539. The van der Waals surface area contributed by atoms with Gasteiger partial charge in [-0.1, -0.05) is 25.4 Å². The molecule has 0 aliphatic carbocycles. The molecule has 2 aromatic carbocycles. The van der Waals surface area contributed by atoms with Gasteiger partial charge in [0.2, 0.25) is 6.29 Å². The van der Waals surface area contributed by atoms with Gasteiger partial charge in [-0.05, 0) is 79.6 Å². The number of amides is 3. The van der Waals surface area contributed by atoms with E-state index < -0.39 is 24.0 Å². The number of imide groups is 1. The lowest BCUT2D eigenvalue weighted by Gasteiger charge is -2.31. The number of hydrogen-bond acceptors (Lipinski definition) is 6. The van der Waals surface area contributed by atoms with Crippen molar-refractivity contribution in [1.82, 2.24) is 0 Å². The van der Waals surface area contributed by atoms with Gasteiger partial charge in [-0.2, -0.15) is 0 Å². The molecule has 0 aromatic heterocycles. The van der Waals surface area contributed by atoms with E-state index in [9.17, 15) is 14.4 Å². The summed E-state index contributed by atoms with van der Waals surface area (Å²) < 4.78 is 11.7. The Kier molecular flexibility index (Phi) is 8.32. The van der Waals surface area contributed by atoms with Crippen LogP contribution in [0.3, 0.4) is 0 Å². The molecule has 4 rings (SSSR count). The third-order valence-electron chi connectivity index (χ3n) is 6.57. The van der Waals surface area contributed by atoms with Gasteiger partial charge in [0, 0.05) is 23.7 Å². The molecule has 0 radical (unpaired) electrons. The van der Waals surface area contributed by atoms with E-state index in [0.29, 0.717) is 59.3 Å². The van der Waals surface area contributed by atoms with Crippen LogP contribution in [0.25, 0.3) is 0 Å². The SMILES string of the molecule is Cc1cc(NC(=O)C2=C[C@H](C(C)C)C[C@H](OCCCCO)O2)ccc1N1C(=O)c2ccc(Cl)cc2C1=O. The molecule has 196 valence electrons. The summed E-state index contributed by atoms with van der Waals surface area (Å²) in [4.78, 5) is 40.0. The van der Waals surface area contributed by atoms with E-state index in [-0.39, 0.29) is 23.8 Å². The van der Waals surface area contributed by atoms with Crippen molar-refractivity contribution in [1.29, 1.82) is 0 Å². The number of ether oxygens (including phenoxy) is 2. The lowest BCUT2D eigenvalue weighted by Crippen LogP contribution is -2.32. The molecule has 9 heteroatoms. The highest BCUT2D eigenvalue weighted by Crippen LogP contribution is 2.34. The van der Waals surface area contributed by atoms with Crippen molar-refractivity contribution in [2.24, 2.45) is 11.8 Å². The van der Waals surface area contributed by atoms with Crippen molar-refractivity contribution >= 4 is 40.7 Å². The summed E-state index contributed by atoms with van der Waals surface area (Å²) in [7, 11) is 0. The first kappa shape index (κ1) is 26.9. The van der Waals surface area contributed by atoms with Gasteiger partial charge in [0.05, 0.1) is 23.4 Å². The fraction of sp³-hybridized carbons (Fsp3) is 0.393. The fourth-order valence-corrected chi connectivity index (χ4v) is 4.62. The number of unbranched alkanes of at least 4 members (excludes halogenated alkanes) is 1. The molecule has 0 spiro atoms. The molecule has 2 N–H and O–H groups in total. The van der Waals surface area contributed by atoms with E-state index in [2.05, 4.69) is 19.2 Å². The van der Waals surface area contributed by atoms with Crippen LogP contribution in [0.4, 0.5) is 11.4 Å². The average Bonchev–Trinajstić information content (AvgIpc) is 3.10. The van der Waals surface area contributed by atoms with E-state index in [1.165, 1.54) is 6.07 Å². The van der Waals surface area contributed by atoms with Crippen molar-refractivity contribution in [3.05, 3.63) is 69.9 Å². The number of nitrogens with one attached hydrogen (secondary N) is 1. The average molecular weight is 527 g/mol. The number of allylic oxidation sites excluding steroid dienone is 1. The second-order valence-corrected chi connectivity index (χ2v) is 10.1. The van der Waals surface area contributed by atoms with Gasteiger partial charge < -0.3 is 19.9 Å². The Bertz CT molecular complexity index is 1240. The highest BCUT2D eigenvalue weighted by atomic mass is 35.5. The minimum Gasteiger partial charge on any atom is -0.459 e. The van der Waals surface area contributed by atoms with Gasteiger partial charge in [0.25, 0.3) is 17.7 Å². The third-order valence-corrected chi connectivity index (χ3v) is 6.80. The largest absolute Gasteiger partial charge is 0.459 e. The van der Waals surface area contributed by atoms with Gasteiger partial charge in [-0.25, -0.2) is 4.90 Å². The Hall–Kier alpha value is -3.20. The zero-order valence-electron chi connectivity index (χ0n) is 21.1. The Morgan fingerprint density at radius 2 is 1.92 bits per heavy atom. The van der Waals surface area contributed by atoms with E-state index in [1.54, 1.807) is 37.3 Å². The number of carbonyl (C=O) groups excluding carboxylic acids is 3. The number of rotatable bonds is 9. The van der Waals surface area contributed by atoms with Crippen molar-refractivity contribution in [3.8, 4) is 0 Å². The van der Waals surface area contributed by atoms with Gasteiger partial charge in [0.15, 0.2) is 5.76 Å². The molecule has 3 amide bonds. The summed E-state index contributed by atoms with van der Waals surface area (Å²) in [6.07, 6.45) is 3.29. The number of carbonyl (C=O) groups is 3. The van der Waals surface area contributed by atoms with Crippen LogP contribution in [-0.2, 0) is 14.3 Å². The number of aliphatic hydroxyl groups is 1. The highest BCUT2D eigenvalue weighted by Gasteiger charge is 2.37. The lowest BCUT2D eigenvalue weighted by atomic mass is 9.90. The summed E-state index contributed by atoms with van der Waals surface area (Å²) in [6.45, 7) is 6.48. The molecule has 0 unspecified atom stereocenters. The number of aryl methyl sites for hydroxylation is 1. The van der Waals surface area contributed by atoms with Crippen molar-refractivity contribution in [2.75, 3.05) is 23.4 Å². The van der Waals surface area contributed by atoms with Crippen LogP contribution in [0.1, 0.15) is 59.4 Å². The number of benzene rings is 2. The van der Waals surface area contributed by atoms with Crippen LogP contribution in [-0.4, -0.2) is 42.3 Å². The Labute approximate surface area is 221 Å². The highest BCUT2D eigenvalue weighted by molar-refractivity contribution is 6.37. The van der Waals surface area contributed by atoms with E-state index in [4.69, 9.17) is 26.2 Å². The number of halogens is 1. The lowest BCUT2D eigenvalue weighted by molar-refractivity contribution is -0.148. The predicted molar refractivity (Wildman–Crippen MR) is 141 cm³/mol. The van der Waals surface area contributed by atoms with Gasteiger partial charge in [-0.3, -0.25) is 14.4 Å². The van der Waals surface area contributed by atoms with E-state index >= 15 is 0 Å². The van der Waals surface area contributed by atoms with Crippen LogP contribution >= 0.6 is 11.6 Å². The number of anilines is 2. The summed E-state index contributed by atoms with van der Waals surface area (Å²) in [5.41, 5.74) is 2.15. The zero-order valence-corrected chi connectivity index (χ0v) is 21.9. The topological polar surface area (TPSA) is 105 Å². The number of fused-ring (bicyclic) bond motifs is 1. The summed E-state index contributed by atoms with van der Waals surface area (Å²) >= 11 is 6.01. The maximum absolute atomic E-state index is 13.1. The summed E-state index contributed by atoms with van der Waals surface area (Å²) in [5, 5.41) is 12.2. The first-order valence-corrected chi connectivity index (χ1v) is 12.8. The number of aliphatic hydroxyl groups excluding tert-OH is 1. The maximum Gasteiger partial charge on any atom is 0.290 e. The van der Waals surface area contributed by atoms with Crippen molar-refractivity contribution in [3.63, 3.8) is 0 Å². The monoisotopic (exact) mass is 526 g/mol. The van der Waals surface area contributed by atoms with Crippen LogP contribution in [0.15, 0.2) is 48.2 Å². The van der Waals surface area contributed by atoms with Crippen molar-refractivity contribution in [2.45, 2.75) is 46.3 Å². The molecule has 0 saturated carbocycles. The number of hydrogen-bond donors (Lipinski definition) is 2. The molecule has 0 fully saturated rings. The standard InChI is InChI=1S/C28H31ClN2O6/c1-16(2)18-13-24(37-25(14-18)36-11-5-4-10-32)26(33)30-20-7-9-23(17(3)12-20)31-27(34)21-8-6-19(29)15-22(21)28(31)35/h6-9,12-13,15-16,18,25,32H,4-5,10-11,14H2,1-3H3,(H,30,33)/t18-,25+/m0/s1. The fourth-order valence-electron chi connectivity index (χ4n) is 4.45. The molecule has 0 bridgehead atoms. The summed E-state index contributed by atoms with van der Waals surface area (Å²) in [5.74, 6) is -0.655. The molecule has 0 saturated heterocycles. The van der Waals surface area contributed by atoms with Gasteiger partial charge >= 0.3 is 0 Å². The van der Waals surface area contributed by atoms with E-state index in [0.717, 1.165) is 4.90 Å². The molecule has 2 aliphatic heterocycles. The van der Waals surface area contributed by atoms with Crippen LogP contribution in [0.2, 0.25) is 5.02 Å². The van der Waals surface area contributed by atoms with Crippen LogP contribution < -0.4 is 10.2 Å². The Balaban J connectivity index is 1.47. The molecule has 2 aliphatic rings. The quantitative estimate of drug-likeness (QED) is 0.349. The molecule has 2 heterocycles. The van der Waals surface area contributed by atoms with Crippen LogP contribution in [0, 0.1) is 18.8 Å². The molecule has 37 heavy (non-hydrogen) atoms. The van der Waals surface area contributed by atoms with Gasteiger partial charge in [0.1, 0.15) is 0 Å². The van der Waals surface area contributed by atoms with Crippen molar-refractivity contribution < 1.29 is 29.0 Å². The number of nitrogens with zero attached hydrogens (tertiary/aromatic N) is 1. The summed E-state index contributed by atoms with van der Waals surface area (Å²) in [6, 6.07) is 9.60. The smallest absolute Gasteiger partial charge is 0.290 e. The second kappa shape index (κ2) is 11.5. The molecular weight excluding hydrogens is 496 g/mol. The first-order valence-electron chi connectivity index (χ1n) is 12.4. The van der Waals surface area contributed by atoms with Gasteiger partial charge in [-0.15, -0.1) is 0 Å². The normalized spacial score (nSPS) is 19.1. The second-order valence-electron chi connectivity index (χ2n) is 9.61. The molecule has 2 atom stereocenters. The Morgan fingerprint density at radius 1 is 1.16 bits per heavy atom. The van der Waals surface area contributed by atoms with Crippen LogP contribution in [0.5, 0.6) is 0 Å². The third kappa shape index (κ3) is 5.87. The molecule has 2 aromatic rings. The Morgan fingerprint density at radius 3 is 2.62 bits per heavy atom. The van der Waals surface area contributed by atoms with E-state index in [1.807, 2.05) is 6.08 Å².